The fraction of sp³-hybridized carbons (Fsp3) is 0.529. The monoisotopic (exact) mass is 340 g/mol. The van der Waals surface area contributed by atoms with Gasteiger partial charge in [-0.3, -0.25) is 4.79 Å². The Morgan fingerprint density at radius 3 is 2.76 bits per heavy atom. The lowest BCUT2D eigenvalue weighted by Gasteiger charge is -2.46. The van der Waals surface area contributed by atoms with Crippen LogP contribution in [0.5, 0.6) is 0 Å². The molecule has 2 aliphatic heterocycles. The van der Waals surface area contributed by atoms with Crippen LogP contribution in [-0.4, -0.2) is 56.5 Å². The van der Waals surface area contributed by atoms with Crippen molar-refractivity contribution in [2.24, 2.45) is 0 Å². The topological polar surface area (TPSA) is 92.2 Å². The Kier molecular flexibility index (Phi) is 3.04. The summed E-state index contributed by atoms with van der Waals surface area (Å²) >= 11 is 0. The van der Waals surface area contributed by atoms with Crippen molar-refractivity contribution in [2.75, 3.05) is 19.6 Å². The van der Waals surface area contributed by atoms with Gasteiger partial charge in [-0.15, -0.1) is 0 Å². The highest BCUT2D eigenvalue weighted by molar-refractivity contribution is 5.97. The number of hydrogen-bond donors (Lipinski definition) is 2. The van der Waals surface area contributed by atoms with Crippen LogP contribution < -0.4 is 10.6 Å². The number of amides is 3. The number of nitrogens with one attached hydrogen (secondary N) is 2. The van der Waals surface area contributed by atoms with Gasteiger partial charge >= 0.3 is 6.03 Å². The molecule has 1 aliphatic carbocycles. The number of nitrogens with zero attached hydrogens (tertiary/aromatic N) is 4. The molecule has 1 saturated carbocycles. The summed E-state index contributed by atoms with van der Waals surface area (Å²) in [5, 5.41) is 5.64. The van der Waals surface area contributed by atoms with Crippen LogP contribution in [0.2, 0.25) is 0 Å². The van der Waals surface area contributed by atoms with Gasteiger partial charge in [-0.2, -0.15) is 0 Å². The third-order valence-corrected chi connectivity index (χ3v) is 5.62. The van der Waals surface area contributed by atoms with Gasteiger partial charge in [0, 0.05) is 31.9 Å². The number of imidazole rings is 1. The average molecular weight is 340 g/mol. The van der Waals surface area contributed by atoms with Crippen molar-refractivity contribution in [1.82, 2.24) is 30.1 Å². The summed E-state index contributed by atoms with van der Waals surface area (Å²) in [6.45, 7) is 1.62. The molecule has 130 valence electrons. The Bertz CT molecular complexity index is 863. The number of hydrogen-bond acceptors (Lipinski definition) is 4. The van der Waals surface area contributed by atoms with Crippen molar-refractivity contribution >= 4 is 23.1 Å². The highest BCUT2D eigenvalue weighted by atomic mass is 16.2. The molecule has 4 heterocycles. The predicted octanol–water partition coefficient (Wildman–Crippen LogP) is 1.05. The van der Waals surface area contributed by atoms with Crippen molar-refractivity contribution in [3.05, 3.63) is 24.2 Å². The van der Waals surface area contributed by atoms with E-state index in [9.17, 15) is 9.59 Å². The van der Waals surface area contributed by atoms with Crippen LogP contribution in [0.1, 0.15) is 42.1 Å². The molecule has 3 aliphatic rings. The first kappa shape index (κ1) is 14.7. The minimum Gasteiger partial charge on any atom is -0.336 e. The van der Waals surface area contributed by atoms with Crippen molar-refractivity contribution in [3.8, 4) is 0 Å². The second-order valence-electron chi connectivity index (χ2n) is 7.41. The van der Waals surface area contributed by atoms with E-state index in [-0.39, 0.29) is 17.5 Å². The number of urea groups is 1. The van der Waals surface area contributed by atoms with Crippen LogP contribution >= 0.6 is 0 Å². The van der Waals surface area contributed by atoms with Crippen LogP contribution in [0.15, 0.2) is 18.6 Å². The van der Waals surface area contributed by atoms with Crippen LogP contribution in [0.3, 0.4) is 0 Å². The molecule has 0 radical (unpaired) electrons. The second-order valence-corrected chi connectivity index (χ2v) is 7.41. The van der Waals surface area contributed by atoms with E-state index in [2.05, 4.69) is 25.2 Å². The smallest absolute Gasteiger partial charge is 0.315 e. The maximum Gasteiger partial charge on any atom is 0.315 e. The number of rotatable bonds is 2. The number of likely N-dealkylation sites (tertiary alicyclic amines) is 1. The zero-order valence-electron chi connectivity index (χ0n) is 13.9. The first-order valence-corrected chi connectivity index (χ1v) is 8.81. The van der Waals surface area contributed by atoms with Crippen LogP contribution in [0.4, 0.5) is 4.79 Å². The quantitative estimate of drug-likeness (QED) is 0.855. The van der Waals surface area contributed by atoms with E-state index in [1.54, 1.807) is 11.1 Å². The minimum absolute atomic E-state index is 0.0587. The van der Waals surface area contributed by atoms with E-state index < -0.39 is 0 Å². The molecule has 8 nitrogen and oxygen atoms in total. The molecule has 1 spiro atoms. The number of pyridine rings is 1. The average Bonchev–Trinajstić information content (AvgIpc) is 3.30. The first-order chi connectivity index (χ1) is 12.1. The van der Waals surface area contributed by atoms with Gasteiger partial charge in [0.05, 0.1) is 17.4 Å². The Morgan fingerprint density at radius 1 is 1.24 bits per heavy atom. The molecule has 5 rings (SSSR count). The Labute approximate surface area is 144 Å². The van der Waals surface area contributed by atoms with E-state index in [0.29, 0.717) is 31.2 Å². The SMILES string of the molecule is O=C1NCC2(CN(C(=O)c3cnc4c(c3)ncn4C3CCCC3)C2)N1. The van der Waals surface area contributed by atoms with Crippen LogP contribution in [-0.2, 0) is 0 Å². The van der Waals surface area contributed by atoms with Crippen LogP contribution in [0.25, 0.3) is 11.2 Å². The second kappa shape index (κ2) is 5.18. The summed E-state index contributed by atoms with van der Waals surface area (Å²) in [5.41, 5.74) is 1.88. The van der Waals surface area contributed by atoms with Crippen molar-refractivity contribution in [3.63, 3.8) is 0 Å². The van der Waals surface area contributed by atoms with Gasteiger partial charge in [0.2, 0.25) is 0 Å². The Balaban J connectivity index is 1.35. The lowest BCUT2D eigenvalue weighted by Crippen LogP contribution is -2.70. The maximum absolute atomic E-state index is 12.7. The Morgan fingerprint density at radius 2 is 2.04 bits per heavy atom. The molecule has 3 fully saturated rings. The molecular weight excluding hydrogens is 320 g/mol. The van der Waals surface area contributed by atoms with Gasteiger partial charge in [-0.05, 0) is 18.9 Å². The third kappa shape index (κ3) is 2.27. The van der Waals surface area contributed by atoms with Crippen molar-refractivity contribution < 1.29 is 9.59 Å². The van der Waals surface area contributed by atoms with Gasteiger partial charge in [0.1, 0.15) is 5.52 Å². The van der Waals surface area contributed by atoms with Crippen LogP contribution in [0, 0.1) is 0 Å². The summed E-state index contributed by atoms with van der Waals surface area (Å²) in [4.78, 5) is 34.7. The summed E-state index contributed by atoms with van der Waals surface area (Å²) in [5.74, 6) is -0.0587. The predicted molar refractivity (Wildman–Crippen MR) is 90.2 cm³/mol. The van der Waals surface area contributed by atoms with E-state index in [4.69, 9.17) is 0 Å². The molecule has 0 aromatic carbocycles. The van der Waals surface area contributed by atoms with Gasteiger partial charge in [0.15, 0.2) is 5.65 Å². The molecule has 0 atom stereocenters. The molecule has 2 N–H and O–H groups in total. The zero-order valence-corrected chi connectivity index (χ0v) is 13.9. The molecule has 25 heavy (non-hydrogen) atoms. The van der Waals surface area contributed by atoms with E-state index in [1.807, 2.05) is 12.4 Å². The summed E-state index contributed by atoms with van der Waals surface area (Å²) in [6.07, 6.45) is 8.34. The van der Waals surface area contributed by atoms with Crippen molar-refractivity contribution in [2.45, 2.75) is 37.3 Å². The van der Waals surface area contributed by atoms with Gasteiger partial charge in [-0.1, -0.05) is 12.8 Å². The van der Waals surface area contributed by atoms with E-state index in [0.717, 1.165) is 11.2 Å². The lowest BCUT2D eigenvalue weighted by atomic mass is 9.90. The summed E-state index contributed by atoms with van der Waals surface area (Å²) in [7, 11) is 0. The van der Waals surface area contributed by atoms with Gasteiger partial charge in [-0.25, -0.2) is 14.8 Å². The van der Waals surface area contributed by atoms with Gasteiger partial charge in [0.25, 0.3) is 5.91 Å². The molecule has 0 unspecified atom stereocenters. The maximum atomic E-state index is 12.7. The lowest BCUT2D eigenvalue weighted by molar-refractivity contribution is 0.0397. The number of aromatic nitrogens is 3. The molecule has 8 heteroatoms. The number of fused-ring (bicyclic) bond motifs is 1. The van der Waals surface area contributed by atoms with E-state index >= 15 is 0 Å². The fourth-order valence-corrected chi connectivity index (χ4v) is 4.27. The van der Waals surface area contributed by atoms with Crippen molar-refractivity contribution in [1.29, 1.82) is 0 Å². The van der Waals surface area contributed by atoms with Gasteiger partial charge < -0.3 is 20.1 Å². The molecule has 2 saturated heterocycles. The minimum atomic E-state index is -0.297. The number of carbonyl (C=O) groups is 2. The normalized spacial score (nSPS) is 22.2. The number of carbonyl (C=O) groups excluding carboxylic acids is 2. The zero-order chi connectivity index (χ0) is 17.0. The highest BCUT2D eigenvalue weighted by Gasteiger charge is 2.49. The largest absolute Gasteiger partial charge is 0.336 e. The Hall–Kier alpha value is -2.64. The summed E-state index contributed by atoms with van der Waals surface area (Å²) < 4.78 is 2.15. The third-order valence-electron chi connectivity index (χ3n) is 5.62. The molecular formula is C17H20N6O2. The fourth-order valence-electron chi connectivity index (χ4n) is 4.27. The molecule has 0 bridgehead atoms. The van der Waals surface area contributed by atoms with E-state index in [1.165, 1.54) is 25.7 Å². The summed E-state index contributed by atoms with van der Waals surface area (Å²) in [6, 6.07) is 2.15. The standard InChI is InChI=1S/C17H20N6O2/c24-15(22-8-17(9-22)7-19-16(25)21-17)11-5-13-14(18-6-11)23(10-20-13)12-3-1-2-4-12/h5-6,10,12H,1-4,7-9H2,(H2,19,21,25). The molecule has 2 aromatic heterocycles. The highest BCUT2D eigenvalue weighted by Crippen LogP contribution is 2.32. The molecule has 3 amide bonds. The first-order valence-electron chi connectivity index (χ1n) is 8.81. The molecule has 2 aromatic rings.